The zero-order valence-corrected chi connectivity index (χ0v) is 11.9. The Hall–Kier alpha value is -1.62. The number of nitrogens with zero attached hydrogens (tertiary/aromatic N) is 1. The second kappa shape index (κ2) is 4.70. The van der Waals surface area contributed by atoms with E-state index in [1.807, 2.05) is 0 Å². The quantitative estimate of drug-likeness (QED) is 0.795. The van der Waals surface area contributed by atoms with Crippen molar-refractivity contribution < 1.29 is 18.3 Å². The molecule has 0 spiro atoms. The van der Waals surface area contributed by atoms with Crippen molar-refractivity contribution in [2.75, 3.05) is 18.5 Å². The summed E-state index contributed by atoms with van der Waals surface area (Å²) in [4.78, 5) is 1.70. The predicted octanol–water partition coefficient (Wildman–Crippen LogP) is 4.25. The van der Waals surface area contributed by atoms with E-state index in [4.69, 9.17) is 11.6 Å². The molecule has 0 fully saturated rings. The fourth-order valence-electron chi connectivity index (χ4n) is 3.02. The van der Waals surface area contributed by atoms with Gasteiger partial charge in [0.1, 0.15) is 11.1 Å². The molecule has 0 aliphatic carbocycles. The van der Waals surface area contributed by atoms with E-state index in [0.717, 1.165) is 0 Å². The molecule has 0 aromatic heterocycles. The fraction of sp³-hybridized carbons (Fsp3) is 0.333. The molecule has 0 radical (unpaired) electrons. The summed E-state index contributed by atoms with van der Waals surface area (Å²) in [6, 6.07) is 8.41. The number of phenolic OH excluding ortho intramolecular Hbond substituents is 1. The van der Waals surface area contributed by atoms with Crippen LogP contribution in [-0.2, 0) is 0 Å². The smallest absolute Gasteiger partial charge is 0.405 e. The Morgan fingerprint density at radius 2 is 1.90 bits per heavy atom. The fourth-order valence-corrected chi connectivity index (χ4v) is 3.23. The number of hydrogen-bond donors (Lipinski definition) is 1. The van der Waals surface area contributed by atoms with E-state index in [0.29, 0.717) is 22.0 Å². The first-order valence-electron chi connectivity index (χ1n) is 6.47. The van der Waals surface area contributed by atoms with Crippen LogP contribution in [0.15, 0.2) is 30.3 Å². The molecule has 112 valence electrons. The van der Waals surface area contributed by atoms with Crippen LogP contribution in [0.1, 0.15) is 11.5 Å². The van der Waals surface area contributed by atoms with E-state index in [9.17, 15) is 18.3 Å². The Kier molecular flexibility index (Phi) is 3.20. The standard InChI is InChI=1S/C15H13ClF3NO/c1-20-7-10(14(16)15(17,18)19)13-9-5-3-2-4-8(9)12(21)6-11(13)20/h2-6,10,14,21H,7H2,1H3/t10-,14+/m1/s1. The van der Waals surface area contributed by atoms with Crippen molar-refractivity contribution in [1.29, 1.82) is 0 Å². The number of fused-ring (bicyclic) bond motifs is 3. The van der Waals surface area contributed by atoms with Crippen molar-refractivity contribution in [1.82, 2.24) is 0 Å². The molecule has 0 unspecified atom stereocenters. The van der Waals surface area contributed by atoms with Gasteiger partial charge in [-0.15, -0.1) is 11.6 Å². The van der Waals surface area contributed by atoms with Crippen LogP contribution in [0.3, 0.4) is 0 Å². The van der Waals surface area contributed by atoms with Crippen molar-refractivity contribution in [3.8, 4) is 5.75 Å². The van der Waals surface area contributed by atoms with Gasteiger partial charge in [0, 0.05) is 36.7 Å². The van der Waals surface area contributed by atoms with Gasteiger partial charge in [-0.05, 0) is 10.9 Å². The van der Waals surface area contributed by atoms with Crippen molar-refractivity contribution in [3.63, 3.8) is 0 Å². The molecule has 0 saturated heterocycles. The third kappa shape index (κ3) is 2.20. The molecule has 2 nitrogen and oxygen atoms in total. The molecule has 0 bridgehead atoms. The van der Waals surface area contributed by atoms with Gasteiger partial charge in [-0.2, -0.15) is 13.2 Å². The maximum atomic E-state index is 13.0. The molecule has 2 aromatic rings. The van der Waals surface area contributed by atoms with Crippen LogP contribution >= 0.6 is 11.6 Å². The maximum Gasteiger partial charge on any atom is 0.405 e. The zero-order valence-electron chi connectivity index (χ0n) is 11.2. The highest BCUT2D eigenvalue weighted by atomic mass is 35.5. The maximum absolute atomic E-state index is 13.0. The molecule has 0 saturated carbocycles. The highest BCUT2D eigenvalue weighted by molar-refractivity contribution is 6.22. The molecular weight excluding hydrogens is 303 g/mol. The number of anilines is 1. The molecule has 21 heavy (non-hydrogen) atoms. The summed E-state index contributed by atoms with van der Waals surface area (Å²) in [5.74, 6) is -0.785. The minimum Gasteiger partial charge on any atom is -0.507 e. The number of likely N-dealkylation sites (N-methyl/N-ethyl adjacent to an activating group) is 1. The van der Waals surface area contributed by atoms with Gasteiger partial charge >= 0.3 is 6.18 Å². The lowest BCUT2D eigenvalue weighted by atomic mass is 9.91. The highest BCUT2D eigenvalue weighted by Gasteiger charge is 2.47. The van der Waals surface area contributed by atoms with E-state index < -0.39 is 17.5 Å². The van der Waals surface area contributed by atoms with Crippen LogP contribution in [0.25, 0.3) is 10.8 Å². The summed E-state index contributed by atoms with van der Waals surface area (Å²) >= 11 is 5.68. The second-order valence-electron chi connectivity index (χ2n) is 5.30. The summed E-state index contributed by atoms with van der Waals surface area (Å²) < 4.78 is 39.0. The number of phenols is 1. The highest BCUT2D eigenvalue weighted by Crippen LogP contribution is 2.49. The Morgan fingerprint density at radius 3 is 2.52 bits per heavy atom. The number of aromatic hydroxyl groups is 1. The normalized spacial score (nSPS) is 19.9. The first kappa shape index (κ1) is 14.3. The van der Waals surface area contributed by atoms with Gasteiger partial charge in [0.05, 0.1) is 0 Å². The molecule has 2 aromatic carbocycles. The average Bonchev–Trinajstić information content (AvgIpc) is 2.75. The zero-order chi connectivity index (χ0) is 15.4. The van der Waals surface area contributed by atoms with Crippen molar-refractivity contribution in [2.45, 2.75) is 17.5 Å². The van der Waals surface area contributed by atoms with Crippen LogP contribution in [0.2, 0.25) is 0 Å². The van der Waals surface area contributed by atoms with Gasteiger partial charge in [-0.3, -0.25) is 0 Å². The number of alkyl halides is 4. The Labute approximate surface area is 124 Å². The van der Waals surface area contributed by atoms with Gasteiger partial charge in [0.2, 0.25) is 0 Å². The lowest BCUT2D eigenvalue weighted by Crippen LogP contribution is -2.32. The molecule has 1 heterocycles. The molecule has 1 N–H and O–H groups in total. The minimum absolute atomic E-state index is 0.0648. The topological polar surface area (TPSA) is 23.5 Å². The molecule has 6 heteroatoms. The SMILES string of the molecule is CN1C[C@@H]([C@H](Cl)C(F)(F)F)c2c1cc(O)c1ccccc21. The Balaban J connectivity index is 2.25. The van der Waals surface area contributed by atoms with Crippen molar-refractivity contribution in [2.24, 2.45) is 0 Å². The van der Waals surface area contributed by atoms with Gasteiger partial charge < -0.3 is 10.0 Å². The van der Waals surface area contributed by atoms with E-state index in [2.05, 4.69) is 0 Å². The van der Waals surface area contributed by atoms with Crippen LogP contribution in [0.4, 0.5) is 18.9 Å². The average molecular weight is 316 g/mol. The second-order valence-corrected chi connectivity index (χ2v) is 5.77. The van der Waals surface area contributed by atoms with Crippen LogP contribution in [0.5, 0.6) is 5.75 Å². The summed E-state index contributed by atoms with van der Waals surface area (Å²) in [6.07, 6.45) is -4.46. The number of hydrogen-bond acceptors (Lipinski definition) is 2. The third-order valence-electron chi connectivity index (χ3n) is 3.96. The molecule has 1 aliphatic rings. The van der Waals surface area contributed by atoms with E-state index >= 15 is 0 Å². The van der Waals surface area contributed by atoms with Crippen molar-refractivity contribution >= 4 is 28.1 Å². The Morgan fingerprint density at radius 1 is 1.29 bits per heavy atom. The molecular formula is C15H13ClF3NO. The van der Waals surface area contributed by atoms with Crippen molar-refractivity contribution in [3.05, 3.63) is 35.9 Å². The summed E-state index contributed by atoms with van der Waals surface area (Å²) in [5, 5.41) is 9.27. The largest absolute Gasteiger partial charge is 0.507 e. The molecule has 0 amide bonds. The van der Waals surface area contributed by atoms with Gasteiger partial charge in [-0.1, -0.05) is 24.3 Å². The minimum atomic E-state index is -4.46. The third-order valence-corrected chi connectivity index (χ3v) is 4.51. The number of rotatable bonds is 1. The summed E-state index contributed by atoms with van der Waals surface area (Å²) in [7, 11) is 1.70. The predicted molar refractivity (Wildman–Crippen MR) is 77.3 cm³/mol. The van der Waals surface area contributed by atoms with E-state index in [-0.39, 0.29) is 12.3 Å². The van der Waals surface area contributed by atoms with Gasteiger partial charge in [0.15, 0.2) is 0 Å². The molecule has 1 aliphatic heterocycles. The Bertz CT molecular complexity index is 701. The first-order valence-corrected chi connectivity index (χ1v) is 6.91. The summed E-state index contributed by atoms with van der Waals surface area (Å²) in [5.41, 5.74) is 1.16. The monoisotopic (exact) mass is 315 g/mol. The molecule has 3 rings (SSSR count). The summed E-state index contributed by atoms with van der Waals surface area (Å²) in [6.45, 7) is 0.177. The van der Waals surface area contributed by atoms with E-state index in [1.54, 1.807) is 36.2 Å². The van der Waals surface area contributed by atoms with Crippen LogP contribution in [-0.4, -0.2) is 30.3 Å². The lowest BCUT2D eigenvalue weighted by molar-refractivity contribution is -0.133. The van der Waals surface area contributed by atoms with Crippen LogP contribution < -0.4 is 4.90 Å². The lowest BCUT2D eigenvalue weighted by Gasteiger charge is -2.21. The van der Waals surface area contributed by atoms with Crippen LogP contribution in [0, 0.1) is 0 Å². The first-order chi connectivity index (χ1) is 9.80. The molecule has 2 atom stereocenters. The van der Waals surface area contributed by atoms with Gasteiger partial charge in [-0.25, -0.2) is 0 Å². The van der Waals surface area contributed by atoms with Gasteiger partial charge in [0.25, 0.3) is 0 Å². The number of benzene rings is 2. The number of halogens is 4. The van der Waals surface area contributed by atoms with E-state index in [1.165, 1.54) is 6.07 Å².